The number of carbonyl (C=O) groups excluding carboxylic acids is 1. The van der Waals surface area contributed by atoms with Crippen LogP contribution in [0.1, 0.15) is 52.0 Å². The number of aryl methyl sites for hydroxylation is 2. The van der Waals surface area contributed by atoms with E-state index in [4.69, 9.17) is 10.7 Å². The summed E-state index contributed by atoms with van der Waals surface area (Å²) in [6, 6.07) is 7.83. The molecule has 0 radical (unpaired) electrons. The zero-order valence-corrected chi connectivity index (χ0v) is 17.6. The maximum atomic E-state index is 13.0. The number of hydrogen-bond acceptors (Lipinski definition) is 5. The van der Waals surface area contributed by atoms with E-state index in [2.05, 4.69) is 10.2 Å². The lowest BCUT2D eigenvalue weighted by Gasteiger charge is -2.25. The van der Waals surface area contributed by atoms with Crippen molar-refractivity contribution in [3.63, 3.8) is 0 Å². The molecule has 1 fully saturated rings. The van der Waals surface area contributed by atoms with Crippen molar-refractivity contribution < 1.29 is 4.79 Å². The Hall–Kier alpha value is -2.60. The van der Waals surface area contributed by atoms with Crippen LogP contribution in [0.2, 0.25) is 0 Å². The van der Waals surface area contributed by atoms with E-state index in [0.29, 0.717) is 10.6 Å². The van der Waals surface area contributed by atoms with Gasteiger partial charge in [-0.2, -0.15) is 0 Å². The molecular weight excluding hydrogens is 380 g/mol. The van der Waals surface area contributed by atoms with Gasteiger partial charge >= 0.3 is 0 Å². The summed E-state index contributed by atoms with van der Waals surface area (Å²) in [4.78, 5) is 21.9. The van der Waals surface area contributed by atoms with Crippen LogP contribution in [0, 0.1) is 6.92 Å². The number of anilines is 3. The normalized spacial score (nSPS) is 16.2. The Bertz CT molecular complexity index is 1100. The van der Waals surface area contributed by atoms with Crippen LogP contribution >= 0.6 is 11.3 Å². The molecule has 1 saturated heterocycles. The van der Waals surface area contributed by atoms with Gasteiger partial charge in [0, 0.05) is 24.2 Å². The van der Waals surface area contributed by atoms with E-state index >= 15 is 0 Å². The Morgan fingerprint density at radius 3 is 2.66 bits per heavy atom. The molecule has 0 spiro atoms. The van der Waals surface area contributed by atoms with Crippen LogP contribution in [0.25, 0.3) is 10.2 Å². The number of rotatable bonds is 3. The number of amides is 1. The molecule has 1 amide bonds. The van der Waals surface area contributed by atoms with Gasteiger partial charge in [-0.05, 0) is 74.3 Å². The number of nitrogen functional groups attached to an aromatic ring is 1. The zero-order chi connectivity index (χ0) is 20.0. The number of thiophene rings is 1. The minimum atomic E-state index is -0.150. The number of carbonyl (C=O) groups is 1. The number of pyridine rings is 1. The van der Waals surface area contributed by atoms with Gasteiger partial charge in [0.25, 0.3) is 5.91 Å². The number of nitrogens with two attached hydrogens (primary N) is 1. The van der Waals surface area contributed by atoms with Gasteiger partial charge < -0.3 is 16.0 Å². The van der Waals surface area contributed by atoms with Crippen LogP contribution in [0.5, 0.6) is 0 Å². The number of nitrogens with one attached hydrogen (secondary N) is 1. The summed E-state index contributed by atoms with van der Waals surface area (Å²) in [5, 5.41) is 4.02. The third-order valence-electron chi connectivity index (χ3n) is 6.06. The predicted octanol–water partition coefficient (Wildman–Crippen LogP) is 4.92. The van der Waals surface area contributed by atoms with Gasteiger partial charge in [0.1, 0.15) is 15.5 Å². The van der Waals surface area contributed by atoms with Gasteiger partial charge in [-0.3, -0.25) is 4.79 Å². The quantitative estimate of drug-likeness (QED) is 0.648. The summed E-state index contributed by atoms with van der Waals surface area (Å²) >= 11 is 1.43. The van der Waals surface area contributed by atoms with Crippen molar-refractivity contribution in [2.24, 2.45) is 0 Å². The summed E-state index contributed by atoms with van der Waals surface area (Å²) in [6.07, 6.45) is 6.91. The molecular formula is C23H26N4OS. The second kappa shape index (κ2) is 7.34. The molecule has 0 unspecified atom stereocenters. The highest BCUT2D eigenvalue weighted by molar-refractivity contribution is 7.21. The molecule has 5 nitrogen and oxygen atoms in total. The van der Waals surface area contributed by atoms with Gasteiger partial charge in [0.05, 0.1) is 5.69 Å². The van der Waals surface area contributed by atoms with E-state index in [1.165, 1.54) is 48.1 Å². The topological polar surface area (TPSA) is 71.2 Å². The molecule has 3 heterocycles. The fraction of sp³-hybridized carbons (Fsp3) is 0.391. The van der Waals surface area contributed by atoms with Crippen LogP contribution < -0.4 is 16.0 Å². The van der Waals surface area contributed by atoms with E-state index in [1.54, 1.807) is 0 Å². The molecule has 0 atom stereocenters. The van der Waals surface area contributed by atoms with E-state index in [9.17, 15) is 4.79 Å². The first-order chi connectivity index (χ1) is 14.1. The van der Waals surface area contributed by atoms with Crippen LogP contribution in [-0.4, -0.2) is 24.0 Å². The summed E-state index contributed by atoms with van der Waals surface area (Å²) < 4.78 is 0. The monoisotopic (exact) mass is 406 g/mol. The number of aromatic nitrogens is 1. The molecule has 3 aromatic rings. The molecule has 2 aromatic heterocycles. The number of nitrogens with zero attached hydrogens (tertiary/aromatic N) is 2. The number of fused-ring (bicyclic) bond motifs is 3. The highest BCUT2D eigenvalue weighted by Gasteiger charge is 2.28. The summed E-state index contributed by atoms with van der Waals surface area (Å²) in [5.41, 5.74) is 11.7. The lowest BCUT2D eigenvalue weighted by Crippen LogP contribution is -2.22. The molecule has 5 rings (SSSR count). The average molecular weight is 407 g/mol. The molecule has 2 aliphatic rings. The van der Waals surface area contributed by atoms with Crippen molar-refractivity contribution in [1.29, 1.82) is 0 Å². The highest BCUT2D eigenvalue weighted by atomic mass is 32.1. The van der Waals surface area contributed by atoms with Crippen LogP contribution in [-0.2, 0) is 12.8 Å². The molecule has 150 valence electrons. The van der Waals surface area contributed by atoms with E-state index < -0.39 is 0 Å². The van der Waals surface area contributed by atoms with Crippen molar-refractivity contribution in [1.82, 2.24) is 4.98 Å². The van der Waals surface area contributed by atoms with E-state index in [1.807, 2.05) is 31.2 Å². The lowest BCUT2D eigenvalue weighted by molar-refractivity contribution is 0.103. The Morgan fingerprint density at radius 1 is 1.14 bits per heavy atom. The van der Waals surface area contributed by atoms with E-state index in [0.717, 1.165) is 53.2 Å². The average Bonchev–Trinajstić information content (AvgIpc) is 3.36. The zero-order valence-electron chi connectivity index (χ0n) is 16.8. The molecule has 0 saturated carbocycles. The first kappa shape index (κ1) is 18.4. The van der Waals surface area contributed by atoms with Gasteiger partial charge in [-0.1, -0.05) is 12.1 Å². The summed E-state index contributed by atoms with van der Waals surface area (Å²) in [7, 11) is 0. The molecule has 1 aliphatic heterocycles. The smallest absolute Gasteiger partial charge is 0.267 e. The van der Waals surface area contributed by atoms with Gasteiger partial charge in [-0.25, -0.2) is 4.98 Å². The maximum absolute atomic E-state index is 13.0. The standard InChI is InChI=1S/C23H26N4OS/c1-14-7-6-8-15(13-14)25-22(28)20-19(24)18-16-9-2-3-10-17(16)21(26-23(18)29-20)27-11-4-5-12-27/h6-8,13H,2-5,9-12,24H2,1H3,(H,25,28). The van der Waals surface area contributed by atoms with Crippen molar-refractivity contribution in [2.75, 3.05) is 29.0 Å². The third kappa shape index (κ3) is 3.25. The number of benzene rings is 1. The fourth-order valence-corrected chi connectivity index (χ4v) is 5.68. The van der Waals surface area contributed by atoms with Crippen molar-refractivity contribution in [3.8, 4) is 0 Å². The molecule has 1 aliphatic carbocycles. The minimum Gasteiger partial charge on any atom is -0.397 e. The largest absolute Gasteiger partial charge is 0.397 e. The van der Waals surface area contributed by atoms with Gasteiger partial charge in [0.15, 0.2) is 0 Å². The Balaban J connectivity index is 1.59. The molecule has 3 N–H and O–H groups in total. The SMILES string of the molecule is Cc1cccc(NC(=O)c2sc3nc(N4CCCC4)c4c(c3c2N)CCCC4)c1. The Labute approximate surface area is 174 Å². The predicted molar refractivity (Wildman–Crippen MR) is 121 cm³/mol. The first-order valence-electron chi connectivity index (χ1n) is 10.5. The van der Waals surface area contributed by atoms with Crippen molar-refractivity contribution in [2.45, 2.75) is 45.4 Å². The number of hydrogen-bond donors (Lipinski definition) is 2. The van der Waals surface area contributed by atoms with Crippen LogP contribution in [0.15, 0.2) is 24.3 Å². The van der Waals surface area contributed by atoms with Crippen LogP contribution in [0.4, 0.5) is 17.2 Å². The minimum absolute atomic E-state index is 0.150. The van der Waals surface area contributed by atoms with Gasteiger partial charge in [-0.15, -0.1) is 11.3 Å². The van der Waals surface area contributed by atoms with Crippen LogP contribution in [0.3, 0.4) is 0 Å². The highest BCUT2D eigenvalue weighted by Crippen LogP contribution is 2.42. The Kier molecular flexibility index (Phi) is 4.66. The second-order valence-corrected chi connectivity index (χ2v) is 9.14. The maximum Gasteiger partial charge on any atom is 0.267 e. The van der Waals surface area contributed by atoms with E-state index in [-0.39, 0.29) is 5.91 Å². The van der Waals surface area contributed by atoms with Crippen molar-refractivity contribution in [3.05, 3.63) is 45.8 Å². The Morgan fingerprint density at radius 2 is 1.90 bits per heavy atom. The fourth-order valence-electron chi connectivity index (χ4n) is 4.66. The first-order valence-corrected chi connectivity index (χ1v) is 11.3. The second-order valence-electron chi connectivity index (χ2n) is 8.14. The molecule has 0 bridgehead atoms. The van der Waals surface area contributed by atoms with Gasteiger partial charge in [0.2, 0.25) is 0 Å². The summed E-state index contributed by atoms with van der Waals surface area (Å²) in [5.74, 6) is 0.986. The molecule has 6 heteroatoms. The lowest BCUT2D eigenvalue weighted by atomic mass is 9.89. The third-order valence-corrected chi connectivity index (χ3v) is 7.16. The van der Waals surface area contributed by atoms with Crippen molar-refractivity contribution >= 4 is 44.7 Å². The summed E-state index contributed by atoms with van der Waals surface area (Å²) in [6.45, 7) is 4.17. The molecule has 29 heavy (non-hydrogen) atoms. The molecule has 1 aromatic carbocycles.